The first-order valence-corrected chi connectivity index (χ1v) is 4.76. The molecule has 0 amide bonds. The predicted octanol–water partition coefficient (Wildman–Crippen LogP) is 0.884. The quantitative estimate of drug-likeness (QED) is 0.762. The summed E-state index contributed by atoms with van der Waals surface area (Å²) in [6.45, 7) is 6.18. The van der Waals surface area contributed by atoms with Gasteiger partial charge in [-0.3, -0.25) is 0 Å². The third-order valence-corrected chi connectivity index (χ3v) is 1.55. The number of hydrogen-bond acceptors (Lipinski definition) is 5. The van der Waals surface area contributed by atoms with Crippen LogP contribution in [0, 0.1) is 0 Å². The van der Waals surface area contributed by atoms with Crippen molar-refractivity contribution in [2.24, 2.45) is 5.73 Å². The summed E-state index contributed by atoms with van der Waals surface area (Å²) in [5.74, 6) is 1.15. The molecule has 1 rings (SSSR count). The average Bonchev–Trinajstić information content (AvgIpc) is 2.47. The zero-order valence-electron chi connectivity index (χ0n) is 8.86. The van der Waals surface area contributed by atoms with E-state index in [0.29, 0.717) is 24.7 Å². The van der Waals surface area contributed by atoms with E-state index in [-0.39, 0.29) is 12.1 Å². The van der Waals surface area contributed by atoms with Crippen LogP contribution >= 0.6 is 0 Å². The van der Waals surface area contributed by atoms with Gasteiger partial charge in [0, 0.05) is 12.5 Å². The fraction of sp³-hybridized carbons (Fsp3) is 0.778. The van der Waals surface area contributed by atoms with E-state index in [9.17, 15) is 0 Å². The molecule has 14 heavy (non-hydrogen) atoms. The monoisotopic (exact) mass is 199 g/mol. The fourth-order valence-electron chi connectivity index (χ4n) is 0.958. The molecular weight excluding hydrogens is 182 g/mol. The van der Waals surface area contributed by atoms with E-state index >= 15 is 0 Å². The predicted molar refractivity (Wildman–Crippen MR) is 51.6 cm³/mol. The molecule has 1 aromatic heterocycles. The van der Waals surface area contributed by atoms with Crippen molar-refractivity contribution in [2.75, 3.05) is 0 Å². The highest BCUT2D eigenvalue weighted by atomic mass is 16.5. The Labute approximate surface area is 83.6 Å². The molecular formula is C9H17N3O2. The number of ether oxygens (including phenoxy) is 1. The van der Waals surface area contributed by atoms with Crippen molar-refractivity contribution in [3.8, 4) is 0 Å². The first-order chi connectivity index (χ1) is 6.58. The summed E-state index contributed by atoms with van der Waals surface area (Å²) in [7, 11) is 0. The Bertz CT molecular complexity index is 271. The lowest BCUT2D eigenvalue weighted by Gasteiger charge is -2.02. The van der Waals surface area contributed by atoms with E-state index in [2.05, 4.69) is 10.1 Å². The molecule has 0 radical (unpaired) electrons. The van der Waals surface area contributed by atoms with Gasteiger partial charge in [-0.05, 0) is 20.8 Å². The van der Waals surface area contributed by atoms with Crippen LogP contribution in [0.15, 0.2) is 4.52 Å². The maximum absolute atomic E-state index is 5.60. The van der Waals surface area contributed by atoms with Crippen LogP contribution in [0.25, 0.3) is 0 Å². The Balaban J connectivity index is 2.42. The molecule has 1 aromatic rings. The summed E-state index contributed by atoms with van der Waals surface area (Å²) in [6, 6.07) is 0.0477. The topological polar surface area (TPSA) is 74.2 Å². The van der Waals surface area contributed by atoms with Gasteiger partial charge in [0.15, 0.2) is 5.82 Å². The Morgan fingerprint density at radius 3 is 2.71 bits per heavy atom. The van der Waals surface area contributed by atoms with E-state index in [4.69, 9.17) is 15.0 Å². The Hall–Kier alpha value is -0.940. The summed E-state index contributed by atoms with van der Waals surface area (Å²) >= 11 is 0. The molecule has 2 N–H and O–H groups in total. The zero-order chi connectivity index (χ0) is 10.6. The van der Waals surface area contributed by atoms with Crippen molar-refractivity contribution in [1.29, 1.82) is 0 Å². The highest BCUT2D eigenvalue weighted by Gasteiger charge is 2.08. The van der Waals surface area contributed by atoms with E-state index in [1.54, 1.807) is 0 Å². The molecule has 0 saturated heterocycles. The maximum Gasteiger partial charge on any atom is 0.252 e. The second-order valence-electron chi connectivity index (χ2n) is 3.65. The average molecular weight is 199 g/mol. The molecule has 0 bridgehead atoms. The van der Waals surface area contributed by atoms with Gasteiger partial charge in [-0.1, -0.05) is 5.16 Å². The molecule has 0 aliphatic carbocycles. The van der Waals surface area contributed by atoms with Crippen LogP contribution in [0.5, 0.6) is 0 Å². The van der Waals surface area contributed by atoms with Crippen LogP contribution in [-0.2, 0) is 17.8 Å². The Morgan fingerprint density at radius 2 is 2.14 bits per heavy atom. The van der Waals surface area contributed by atoms with E-state index in [1.165, 1.54) is 0 Å². The van der Waals surface area contributed by atoms with Crippen molar-refractivity contribution in [3.63, 3.8) is 0 Å². The summed E-state index contributed by atoms with van der Waals surface area (Å²) in [5, 5.41) is 3.79. The molecule has 0 aliphatic rings. The van der Waals surface area contributed by atoms with Crippen LogP contribution in [0.3, 0.4) is 0 Å². The first kappa shape index (κ1) is 11.1. The normalized spacial score (nSPS) is 13.5. The number of nitrogens with two attached hydrogens (primary N) is 1. The molecule has 5 heteroatoms. The molecule has 80 valence electrons. The highest BCUT2D eigenvalue weighted by molar-refractivity contribution is 4.87. The molecule has 0 aliphatic heterocycles. The fourth-order valence-corrected chi connectivity index (χ4v) is 0.958. The minimum Gasteiger partial charge on any atom is -0.369 e. The van der Waals surface area contributed by atoms with Gasteiger partial charge in [-0.25, -0.2) is 0 Å². The van der Waals surface area contributed by atoms with Gasteiger partial charge in [0.05, 0.1) is 6.10 Å². The summed E-state index contributed by atoms with van der Waals surface area (Å²) < 4.78 is 10.3. The Morgan fingerprint density at radius 1 is 1.43 bits per heavy atom. The molecule has 1 heterocycles. The lowest BCUT2D eigenvalue weighted by molar-refractivity contribution is 0.0485. The smallest absolute Gasteiger partial charge is 0.252 e. The number of rotatable bonds is 5. The molecule has 0 spiro atoms. The third-order valence-electron chi connectivity index (χ3n) is 1.55. The van der Waals surface area contributed by atoms with Crippen molar-refractivity contribution in [3.05, 3.63) is 11.7 Å². The molecule has 0 aromatic carbocycles. The maximum atomic E-state index is 5.60. The van der Waals surface area contributed by atoms with Gasteiger partial charge in [-0.15, -0.1) is 0 Å². The summed E-state index contributed by atoms with van der Waals surface area (Å²) in [6.07, 6.45) is 0.796. The standard InChI is InChI=1S/C9H17N3O2/c1-6(2)13-5-9-11-8(12-14-9)4-7(3)10/h6-7H,4-5,10H2,1-3H3. The minimum absolute atomic E-state index is 0.0477. The lowest BCUT2D eigenvalue weighted by atomic mass is 10.2. The van der Waals surface area contributed by atoms with Gasteiger partial charge in [-0.2, -0.15) is 4.98 Å². The van der Waals surface area contributed by atoms with Gasteiger partial charge in [0.2, 0.25) is 0 Å². The van der Waals surface area contributed by atoms with Gasteiger partial charge >= 0.3 is 0 Å². The second-order valence-corrected chi connectivity index (χ2v) is 3.65. The Kier molecular flexibility index (Phi) is 4.03. The minimum atomic E-state index is 0.0477. The van der Waals surface area contributed by atoms with Crippen molar-refractivity contribution in [2.45, 2.75) is 45.9 Å². The molecule has 0 saturated carbocycles. The summed E-state index contributed by atoms with van der Waals surface area (Å²) in [4.78, 5) is 4.14. The van der Waals surface area contributed by atoms with Gasteiger partial charge in [0.25, 0.3) is 5.89 Å². The van der Waals surface area contributed by atoms with Crippen LogP contribution in [0.4, 0.5) is 0 Å². The molecule has 1 atom stereocenters. The molecule has 5 nitrogen and oxygen atoms in total. The largest absolute Gasteiger partial charge is 0.369 e. The molecule has 1 unspecified atom stereocenters. The van der Waals surface area contributed by atoms with E-state index in [0.717, 1.165) is 0 Å². The third kappa shape index (κ3) is 3.85. The van der Waals surface area contributed by atoms with Crippen LogP contribution in [0.1, 0.15) is 32.5 Å². The van der Waals surface area contributed by atoms with Crippen LogP contribution < -0.4 is 5.73 Å². The van der Waals surface area contributed by atoms with Crippen LogP contribution in [0.2, 0.25) is 0 Å². The van der Waals surface area contributed by atoms with E-state index in [1.807, 2.05) is 20.8 Å². The summed E-state index contributed by atoms with van der Waals surface area (Å²) in [5.41, 5.74) is 5.60. The van der Waals surface area contributed by atoms with Gasteiger partial charge in [0.1, 0.15) is 6.61 Å². The number of aromatic nitrogens is 2. The van der Waals surface area contributed by atoms with Crippen molar-refractivity contribution in [1.82, 2.24) is 10.1 Å². The highest BCUT2D eigenvalue weighted by Crippen LogP contribution is 2.02. The van der Waals surface area contributed by atoms with Crippen molar-refractivity contribution < 1.29 is 9.26 Å². The number of hydrogen-bond donors (Lipinski definition) is 1. The van der Waals surface area contributed by atoms with Gasteiger partial charge < -0.3 is 15.0 Å². The SMILES string of the molecule is CC(N)Cc1noc(COC(C)C)n1. The van der Waals surface area contributed by atoms with E-state index < -0.39 is 0 Å². The number of nitrogens with zero attached hydrogens (tertiary/aromatic N) is 2. The lowest BCUT2D eigenvalue weighted by Crippen LogP contribution is -2.18. The molecule has 0 fully saturated rings. The van der Waals surface area contributed by atoms with Crippen LogP contribution in [-0.4, -0.2) is 22.3 Å². The first-order valence-electron chi connectivity index (χ1n) is 4.76. The zero-order valence-corrected chi connectivity index (χ0v) is 8.86. The van der Waals surface area contributed by atoms with Crippen molar-refractivity contribution >= 4 is 0 Å². The second kappa shape index (κ2) is 5.07.